The largest absolute Gasteiger partial charge is 0.486 e. The van der Waals surface area contributed by atoms with Crippen LogP contribution in [0, 0.1) is 5.82 Å². The smallest absolute Gasteiger partial charge is 0.232 e. The van der Waals surface area contributed by atoms with E-state index in [0.29, 0.717) is 67.8 Å². The first-order valence-electron chi connectivity index (χ1n) is 11.4. The van der Waals surface area contributed by atoms with Crippen molar-refractivity contribution in [2.24, 2.45) is 0 Å². The summed E-state index contributed by atoms with van der Waals surface area (Å²) in [6, 6.07) is 11.7. The number of fused-ring (bicyclic) bond motifs is 1. The molecule has 5 rings (SSSR count). The Hall–Kier alpha value is -3.31. The SMILES string of the molecule is CC(NC(=O)CSc1nnc(N2CCOCC2)n1-c1cccc(F)c1)c1ccc2c(c1)OCCO2. The van der Waals surface area contributed by atoms with E-state index in [1.54, 1.807) is 16.7 Å². The van der Waals surface area contributed by atoms with E-state index < -0.39 is 0 Å². The Morgan fingerprint density at radius 1 is 1.09 bits per heavy atom. The van der Waals surface area contributed by atoms with Gasteiger partial charge in [-0.2, -0.15) is 0 Å². The van der Waals surface area contributed by atoms with Crippen molar-refractivity contribution in [3.63, 3.8) is 0 Å². The molecule has 0 spiro atoms. The van der Waals surface area contributed by atoms with Crippen LogP contribution < -0.4 is 19.7 Å². The number of ether oxygens (including phenoxy) is 3. The van der Waals surface area contributed by atoms with E-state index >= 15 is 0 Å². The third-order valence-corrected chi connectivity index (χ3v) is 6.68. The van der Waals surface area contributed by atoms with E-state index in [2.05, 4.69) is 20.4 Å². The van der Waals surface area contributed by atoms with Crippen molar-refractivity contribution in [2.75, 3.05) is 50.2 Å². The first kappa shape index (κ1) is 23.4. The lowest BCUT2D eigenvalue weighted by Crippen LogP contribution is -2.37. The summed E-state index contributed by atoms with van der Waals surface area (Å²) in [4.78, 5) is 14.8. The molecule has 11 heteroatoms. The van der Waals surface area contributed by atoms with Crippen LogP contribution in [0.1, 0.15) is 18.5 Å². The number of hydrogen-bond acceptors (Lipinski definition) is 8. The second-order valence-electron chi connectivity index (χ2n) is 8.18. The molecule has 0 aliphatic carbocycles. The molecule has 1 unspecified atom stereocenters. The van der Waals surface area contributed by atoms with Gasteiger partial charge in [0, 0.05) is 13.1 Å². The Morgan fingerprint density at radius 2 is 1.89 bits per heavy atom. The molecule has 1 N–H and O–H groups in total. The molecule has 0 bridgehead atoms. The lowest BCUT2D eigenvalue weighted by molar-refractivity contribution is -0.119. The van der Waals surface area contributed by atoms with Crippen molar-refractivity contribution in [3.05, 3.63) is 53.8 Å². The fraction of sp³-hybridized carbons (Fsp3) is 0.375. The van der Waals surface area contributed by atoms with E-state index in [-0.39, 0.29) is 23.5 Å². The molecule has 1 fully saturated rings. The summed E-state index contributed by atoms with van der Waals surface area (Å²) in [6.07, 6.45) is 0. The van der Waals surface area contributed by atoms with E-state index in [0.717, 1.165) is 5.56 Å². The third kappa shape index (κ3) is 5.35. The van der Waals surface area contributed by atoms with Gasteiger partial charge < -0.3 is 24.4 Å². The molecular weight excluding hydrogens is 473 g/mol. The number of rotatable bonds is 7. The van der Waals surface area contributed by atoms with Gasteiger partial charge in [0.25, 0.3) is 0 Å². The number of hydrogen-bond donors (Lipinski definition) is 1. The highest BCUT2D eigenvalue weighted by Crippen LogP contribution is 2.33. The van der Waals surface area contributed by atoms with Crippen molar-refractivity contribution in [1.29, 1.82) is 0 Å². The quantitative estimate of drug-likeness (QED) is 0.497. The molecule has 1 atom stereocenters. The van der Waals surface area contributed by atoms with Gasteiger partial charge in [-0.05, 0) is 42.8 Å². The zero-order valence-corrected chi connectivity index (χ0v) is 20.1. The molecule has 1 amide bonds. The zero-order valence-electron chi connectivity index (χ0n) is 19.3. The molecule has 2 aliphatic rings. The van der Waals surface area contributed by atoms with Crippen molar-refractivity contribution in [3.8, 4) is 17.2 Å². The van der Waals surface area contributed by atoms with Crippen LogP contribution >= 0.6 is 11.8 Å². The van der Waals surface area contributed by atoms with Gasteiger partial charge in [0.05, 0.1) is 30.7 Å². The van der Waals surface area contributed by atoms with Crippen LogP contribution in [0.25, 0.3) is 5.69 Å². The van der Waals surface area contributed by atoms with Crippen LogP contribution in [0.4, 0.5) is 10.3 Å². The summed E-state index contributed by atoms with van der Waals surface area (Å²) >= 11 is 1.25. The van der Waals surface area contributed by atoms with E-state index in [1.165, 1.54) is 23.9 Å². The summed E-state index contributed by atoms with van der Waals surface area (Å²) in [5.41, 5.74) is 1.52. The Labute approximate surface area is 206 Å². The number of nitrogens with one attached hydrogen (secondary N) is 1. The number of benzene rings is 2. The average Bonchev–Trinajstić information content (AvgIpc) is 3.32. The molecule has 1 saturated heterocycles. The predicted octanol–water partition coefficient (Wildman–Crippen LogP) is 2.98. The van der Waals surface area contributed by atoms with Crippen molar-refractivity contribution in [1.82, 2.24) is 20.1 Å². The van der Waals surface area contributed by atoms with Gasteiger partial charge in [-0.1, -0.05) is 23.9 Å². The minimum Gasteiger partial charge on any atom is -0.486 e. The van der Waals surface area contributed by atoms with Crippen molar-refractivity contribution in [2.45, 2.75) is 18.1 Å². The van der Waals surface area contributed by atoms with Crippen molar-refractivity contribution >= 4 is 23.6 Å². The van der Waals surface area contributed by atoms with Gasteiger partial charge in [0.2, 0.25) is 11.9 Å². The van der Waals surface area contributed by atoms with Gasteiger partial charge >= 0.3 is 0 Å². The lowest BCUT2D eigenvalue weighted by atomic mass is 10.1. The molecule has 0 saturated carbocycles. The average molecular weight is 500 g/mol. The third-order valence-electron chi connectivity index (χ3n) is 5.75. The van der Waals surface area contributed by atoms with Gasteiger partial charge in [-0.15, -0.1) is 10.2 Å². The van der Waals surface area contributed by atoms with Crippen LogP contribution in [0.15, 0.2) is 47.6 Å². The van der Waals surface area contributed by atoms with E-state index in [1.807, 2.05) is 25.1 Å². The number of carbonyl (C=O) groups excluding carboxylic acids is 1. The molecular formula is C24H26FN5O4S. The summed E-state index contributed by atoms with van der Waals surface area (Å²) in [5, 5.41) is 12.2. The fourth-order valence-electron chi connectivity index (χ4n) is 3.99. The zero-order chi connectivity index (χ0) is 24.2. The number of halogens is 1. The van der Waals surface area contributed by atoms with E-state index in [9.17, 15) is 9.18 Å². The lowest BCUT2D eigenvalue weighted by Gasteiger charge is -2.27. The molecule has 184 valence electrons. The van der Waals surface area contributed by atoms with Crippen molar-refractivity contribution < 1.29 is 23.4 Å². The van der Waals surface area contributed by atoms with Gasteiger partial charge in [-0.25, -0.2) is 4.39 Å². The first-order valence-corrected chi connectivity index (χ1v) is 12.4. The molecule has 0 radical (unpaired) electrons. The molecule has 9 nitrogen and oxygen atoms in total. The highest BCUT2D eigenvalue weighted by Gasteiger charge is 2.23. The minimum atomic E-state index is -0.355. The normalized spacial score (nSPS) is 16.1. The first-order chi connectivity index (χ1) is 17.1. The number of carbonyl (C=O) groups is 1. The molecule has 2 aromatic carbocycles. The Kier molecular flexibility index (Phi) is 7.05. The highest BCUT2D eigenvalue weighted by atomic mass is 32.2. The predicted molar refractivity (Wildman–Crippen MR) is 129 cm³/mol. The monoisotopic (exact) mass is 499 g/mol. The summed E-state index contributed by atoms with van der Waals surface area (Å²) in [7, 11) is 0. The second kappa shape index (κ2) is 10.5. The summed E-state index contributed by atoms with van der Waals surface area (Å²) < 4.78 is 32.5. The van der Waals surface area contributed by atoms with Crippen LogP contribution in [-0.2, 0) is 9.53 Å². The Bertz CT molecular complexity index is 1200. The molecule has 2 aliphatic heterocycles. The molecule has 35 heavy (non-hydrogen) atoms. The number of anilines is 1. The Balaban J connectivity index is 1.29. The van der Waals surface area contributed by atoms with E-state index in [4.69, 9.17) is 14.2 Å². The topological polar surface area (TPSA) is 90.7 Å². The number of nitrogens with zero attached hydrogens (tertiary/aromatic N) is 4. The highest BCUT2D eigenvalue weighted by molar-refractivity contribution is 7.99. The van der Waals surface area contributed by atoms with Crippen LogP contribution in [0.2, 0.25) is 0 Å². The second-order valence-corrected chi connectivity index (χ2v) is 9.12. The van der Waals surface area contributed by atoms with Gasteiger partial charge in [0.15, 0.2) is 16.7 Å². The Morgan fingerprint density at radius 3 is 2.69 bits per heavy atom. The van der Waals surface area contributed by atoms with Gasteiger partial charge in [0.1, 0.15) is 19.0 Å². The van der Waals surface area contributed by atoms with Crippen LogP contribution in [0.5, 0.6) is 11.5 Å². The molecule has 3 aromatic rings. The number of aromatic nitrogens is 3. The number of morpholine rings is 1. The maximum absolute atomic E-state index is 14.0. The summed E-state index contributed by atoms with van der Waals surface area (Å²) in [5.74, 6) is 1.62. The maximum atomic E-state index is 14.0. The number of thioether (sulfide) groups is 1. The molecule has 1 aromatic heterocycles. The minimum absolute atomic E-state index is 0.130. The molecule has 3 heterocycles. The number of amides is 1. The van der Waals surface area contributed by atoms with Gasteiger partial charge in [-0.3, -0.25) is 9.36 Å². The maximum Gasteiger partial charge on any atom is 0.232 e. The fourth-order valence-corrected chi connectivity index (χ4v) is 4.75. The standard InChI is InChI=1S/C24H26FN5O4S/c1-16(17-5-6-20-21(13-17)34-12-11-33-20)26-22(31)15-35-24-28-27-23(29-7-9-32-10-8-29)30(24)19-4-2-3-18(25)14-19/h2-6,13-14,16H,7-12,15H2,1H3,(H,26,31). The van der Waals surface area contributed by atoms with Crippen LogP contribution in [0.3, 0.4) is 0 Å². The van der Waals surface area contributed by atoms with Crippen LogP contribution in [-0.4, -0.2) is 65.9 Å². The summed E-state index contributed by atoms with van der Waals surface area (Å²) in [6.45, 7) is 5.43.